The van der Waals surface area contributed by atoms with Gasteiger partial charge in [0.05, 0.1) is 0 Å². The second-order valence-corrected chi connectivity index (χ2v) is 1.22. The number of hydrogen-bond donors (Lipinski definition) is 0. The molecule has 0 aliphatic heterocycles. The Morgan fingerprint density at radius 2 is 1.17 bits per heavy atom. The van der Waals surface area contributed by atoms with Crippen LogP contribution in [0.2, 0.25) is 0 Å². The Kier molecular flexibility index (Phi) is 4.77. The Labute approximate surface area is 55.3 Å². The van der Waals surface area contributed by atoms with Crippen molar-refractivity contribution in [3.63, 3.8) is 0 Å². The van der Waals surface area contributed by atoms with Gasteiger partial charge in [0.15, 0.2) is 0 Å². The normalized spacial score (nSPS) is 9.67. The molecule has 0 saturated heterocycles. The number of hydrogen-bond acceptors (Lipinski definition) is 4. The standard InChI is InChI=1S/H2O4S.Pb.2H/c1-5(2,3)4;;;/h(H2,1,2,3,4);;;/q;+2;;/p-2. The molecule has 0 aromatic rings. The van der Waals surface area contributed by atoms with Gasteiger partial charge in [-0.3, -0.25) is 8.42 Å². The van der Waals surface area contributed by atoms with Gasteiger partial charge in [-0.25, -0.2) is 0 Å². The summed E-state index contributed by atoms with van der Waals surface area (Å²) in [5, 5.41) is 0. The van der Waals surface area contributed by atoms with Crippen LogP contribution in [0.25, 0.3) is 0 Å². The van der Waals surface area contributed by atoms with Crippen LogP contribution in [0, 0.1) is 0 Å². The van der Waals surface area contributed by atoms with Crippen LogP contribution in [-0.2, 0) is 10.4 Å². The molecule has 0 spiro atoms. The zero-order chi connectivity index (χ0) is 4.50. The van der Waals surface area contributed by atoms with E-state index in [2.05, 4.69) is 0 Å². The van der Waals surface area contributed by atoms with Crippen LogP contribution in [0.4, 0.5) is 0 Å². The van der Waals surface area contributed by atoms with Crippen LogP contribution < -0.4 is 0 Å². The average molecular weight is 305 g/mol. The van der Waals surface area contributed by atoms with Crippen LogP contribution in [0.3, 0.4) is 0 Å². The van der Waals surface area contributed by atoms with Crippen molar-refractivity contribution in [3.8, 4) is 0 Å². The summed E-state index contributed by atoms with van der Waals surface area (Å²) < 4.78 is 34.1. The second-order valence-electron chi connectivity index (χ2n) is 0.408. The predicted octanol–water partition coefficient (Wildman–Crippen LogP) is -2.25. The molecule has 0 aliphatic rings. The molecular weight excluding hydrogens is 303 g/mol. The van der Waals surface area contributed by atoms with Crippen molar-refractivity contribution in [2.75, 3.05) is 0 Å². The van der Waals surface area contributed by atoms with E-state index in [4.69, 9.17) is 17.5 Å². The zero-order valence-electron chi connectivity index (χ0n) is 2.75. The third-order valence-corrected chi connectivity index (χ3v) is 0. The predicted molar refractivity (Wildman–Crippen MR) is 19.0 cm³/mol. The molecule has 0 fully saturated rings. The molecule has 0 unspecified atom stereocenters. The van der Waals surface area contributed by atoms with E-state index in [0.29, 0.717) is 0 Å². The maximum absolute atomic E-state index is 8.52. The zero-order valence-corrected chi connectivity index (χ0v) is 9.06. The van der Waals surface area contributed by atoms with Gasteiger partial charge in [0.1, 0.15) is 0 Å². The fourth-order valence-electron chi connectivity index (χ4n) is 0. The Morgan fingerprint density at radius 1 is 1.17 bits per heavy atom. The SMILES string of the molecule is O=S(=O)([O-])[O-].[PbH2+2]. The number of rotatable bonds is 0. The summed E-state index contributed by atoms with van der Waals surface area (Å²) >= 11 is 0. The van der Waals surface area contributed by atoms with Gasteiger partial charge in [0, 0.05) is 10.4 Å². The molecule has 36 valence electrons. The Bertz CT molecular complexity index is 90.7. The Balaban J connectivity index is 0. The van der Waals surface area contributed by atoms with E-state index in [1.54, 1.807) is 0 Å². The second kappa shape index (κ2) is 2.88. The molecule has 0 aliphatic carbocycles. The third-order valence-electron chi connectivity index (χ3n) is 0. The van der Waals surface area contributed by atoms with Crippen LogP contribution in [0.1, 0.15) is 0 Å². The summed E-state index contributed by atoms with van der Waals surface area (Å²) in [5.74, 6) is 0. The fraction of sp³-hybridized carbons (Fsp3) is 0. The molecule has 0 saturated carbocycles. The maximum atomic E-state index is 8.52. The Morgan fingerprint density at radius 3 is 1.17 bits per heavy atom. The summed E-state index contributed by atoms with van der Waals surface area (Å²) in [4.78, 5) is 0. The van der Waals surface area contributed by atoms with Gasteiger partial charge in [-0.1, -0.05) is 0 Å². The van der Waals surface area contributed by atoms with E-state index in [1.807, 2.05) is 0 Å². The van der Waals surface area contributed by atoms with E-state index in [1.165, 1.54) is 0 Å². The van der Waals surface area contributed by atoms with Gasteiger partial charge in [0.25, 0.3) is 0 Å². The van der Waals surface area contributed by atoms with Crippen molar-refractivity contribution >= 4 is 37.7 Å². The molecular formula is H2O4PbS. The molecule has 6 heavy (non-hydrogen) atoms. The van der Waals surface area contributed by atoms with Crippen molar-refractivity contribution < 1.29 is 17.5 Å². The topological polar surface area (TPSA) is 80.3 Å². The first-order chi connectivity index (χ1) is 2.00. The van der Waals surface area contributed by atoms with Gasteiger partial charge >= 0.3 is 27.3 Å². The molecule has 0 heterocycles. The molecule has 0 bridgehead atoms. The molecule has 6 heteroatoms. The van der Waals surface area contributed by atoms with Crippen LogP contribution in [-0.4, -0.2) is 44.8 Å². The first-order valence-electron chi connectivity index (χ1n) is 0.667. The summed E-state index contributed by atoms with van der Waals surface area (Å²) in [6.07, 6.45) is 0. The fourth-order valence-corrected chi connectivity index (χ4v) is 0. The van der Waals surface area contributed by atoms with Gasteiger partial charge in [-0.2, -0.15) is 0 Å². The van der Waals surface area contributed by atoms with Crippen molar-refractivity contribution in [3.05, 3.63) is 0 Å². The van der Waals surface area contributed by atoms with E-state index in [9.17, 15) is 0 Å². The Hall–Kier alpha value is 0.792. The minimum atomic E-state index is -5.17. The molecule has 0 amide bonds. The molecule has 4 nitrogen and oxygen atoms in total. The van der Waals surface area contributed by atoms with Crippen molar-refractivity contribution in [2.24, 2.45) is 0 Å². The molecule has 0 N–H and O–H groups in total. The van der Waals surface area contributed by atoms with E-state index in [0.717, 1.165) is 0 Å². The average Bonchev–Trinajstić information content (AvgIpc) is 0.722. The van der Waals surface area contributed by atoms with Crippen molar-refractivity contribution in [2.45, 2.75) is 0 Å². The molecule has 0 rings (SSSR count). The first kappa shape index (κ1) is 9.92. The van der Waals surface area contributed by atoms with Crippen molar-refractivity contribution in [1.29, 1.82) is 0 Å². The van der Waals surface area contributed by atoms with E-state index >= 15 is 0 Å². The summed E-state index contributed by atoms with van der Waals surface area (Å²) in [6.45, 7) is 0. The molecule has 0 aromatic carbocycles. The molecule has 0 radical (unpaired) electrons. The van der Waals surface area contributed by atoms with Crippen LogP contribution in [0.5, 0.6) is 0 Å². The summed E-state index contributed by atoms with van der Waals surface area (Å²) in [5.41, 5.74) is 0. The van der Waals surface area contributed by atoms with E-state index < -0.39 is 10.4 Å². The minimum absolute atomic E-state index is 0. The van der Waals surface area contributed by atoms with Gasteiger partial charge < -0.3 is 9.11 Å². The van der Waals surface area contributed by atoms with Crippen molar-refractivity contribution in [1.82, 2.24) is 0 Å². The quantitative estimate of drug-likeness (QED) is 0.288. The third kappa shape index (κ3) is 110. The summed E-state index contributed by atoms with van der Waals surface area (Å²) in [6, 6.07) is 0. The van der Waals surface area contributed by atoms with Gasteiger partial charge in [-0.15, -0.1) is 0 Å². The monoisotopic (exact) mass is 306 g/mol. The molecule has 0 atom stereocenters. The molecule has 0 aromatic heterocycles. The first-order valence-corrected chi connectivity index (χ1v) is 2.00. The van der Waals surface area contributed by atoms with E-state index in [-0.39, 0.29) is 27.3 Å². The summed E-state index contributed by atoms with van der Waals surface area (Å²) in [7, 11) is -5.17. The van der Waals surface area contributed by atoms with Crippen LogP contribution in [0.15, 0.2) is 0 Å². The van der Waals surface area contributed by atoms with Crippen LogP contribution >= 0.6 is 0 Å². The van der Waals surface area contributed by atoms with Gasteiger partial charge in [-0.05, 0) is 0 Å². The van der Waals surface area contributed by atoms with Gasteiger partial charge in [0.2, 0.25) is 0 Å².